The summed E-state index contributed by atoms with van der Waals surface area (Å²) in [4.78, 5) is 63.6. The molecule has 0 aliphatic carbocycles. The van der Waals surface area contributed by atoms with Gasteiger partial charge in [-0.3, -0.25) is 19.8 Å². The van der Waals surface area contributed by atoms with Gasteiger partial charge in [0.25, 0.3) is 0 Å². The van der Waals surface area contributed by atoms with Gasteiger partial charge in [-0.25, -0.2) is 9.59 Å². The van der Waals surface area contributed by atoms with Crippen LogP contribution in [0.25, 0.3) is 11.0 Å². The number of unbranched alkanes of at least 4 members (excludes halogenated alkanes) is 1. The number of hydrogen-bond acceptors (Lipinski definition) is 9. The summed E-state index contributed by atoms with van der Waals surface area (Å²) in [5.74, 6) is -2.02. The van der Waals surface area contributed by atoms with Gasteiger partial charge in [-0.1, -0.05) is 30.3 Å². The number of ether oxygens (including phenoxy) is 1. The Morgan fingerprint density at radius 3 is 2.36 bits per heavy atom. The number of alkyl carbamates (subject to hydrolysis) is 1. The molecule has 0 fully saturated rings. The molecule has 4 amide bonds. The number of nitrogens with one attached hydrogen (secondary N) is 6. The SMILES string of the molecule is Cc1cc(=O)oc2cc(NC(=O)[C@H](CCCNC(=N)N)NC(=O)[C@H](CCCCN)NC(=O)CNC(=O)OCc3ccccc3)ccc12. The Balaban J connectivity index is 1.66. The highest BCUT2D eigenvalue weighted by molar-refractivity contribution is 5.99. The Hall–Kier alpha value is -5.44. The van der Waals surface area contributed by atoms with E-state index >= 15 is 0 Å². The van der Waals surface area contributed by atoms with Crippen LogP contribution in [0.1, 0.15) is 43.2 Å². The average molecular weight is 651 g/mol. The van der Waals surface area contributed by atoms with Crippen molar-refractivity contribution in [1.29, 1.82) is 5.41 Å². The first-order chi connectivity index (χ1) is 22.5. The fraction of sp³-hybridized carbons (Fsp3) is 0.375. The first kappa shape index (κ1) is 36.0. The molecule has 0 aliphatic heterocycles. The van der Waals surface area contributed by atoms with Crippen LogP contribution in [-0.4, -0.2) is 61.5 Å². The fourth-order valence-corrected chi connectivity index (χ4v) is 4.64. The van der Waals surface area contributed by atoms with Gasteiger partial charge in [0.05, 0.1) is 0 Å². The highest BCUT2D eigenvalue weighted by Gasteiger charge is 2.27. The standard InChI is InChI=1S/C32H42N8O7/c1-20-16-28(42)47-26-17-22(12-13-23(20)26)38-29(43)25(11-7-15-36-31(34)35)40-30(44)24(10-5-6-14-33)39-27(41)18-37-32(45)46-19-21-8-3-2-4-9-21/h2-4,8-9,12-13,16-17,24-25H,5-7,10-11,14-15,18-19,33H2,1H3,(H,37,45)(H,38,43)(H,39,41)(H,40,44)(H4,34,35,36)/t24-,25-/m0/s1. The van der Waals surface area contributed by atoms with Crippen LogP contribution in [0, 0.1) is 12.3 Å². The summed E-state index contributed by atoms with van der Waals surface area (Å²) in [5, 5.41) is 21.2. The van der Waals surface area contributed by atoms with E-state index < -0.39 is 48.1 Å². The summed E-state index contributed by atoms with van der Waals surface area (Å²) in [6.07, 6.45) is 1.08. The predicted molar refractivity (Wildman–Crippen MR) is 176 cm³/mol. The molecule has 3 aromatic rings. The van der Waals surface area contributed by atoms with Gasteiger partial charge in [0, 0.05) is 29.8 Å². The first-order valence-electron chi connectivity index (χ1n) is 15.2. The Morgan fingerprint density at radius 1 is 0.915 bits per heavy atom. The zero-order valence-corrected chi connectivity index (χ0v) is 26.2. The Labute approximate surface area is 271 Å². The minimum atomic E-state index is -1.04. The van der Waals surface area contributed by atoms with Gasteiger partial charge in [0.2, 0.25) is 17.7 Å². The summed E-state index contributed by atoms with van der Waals surface area (Å²) in [7, 11) is 0. The molecule has 10 N–H and O–H groups in total. The van der Waals surface area contributed by atoms with Gasteiger partial charge in [-0.05, 0) is 68.8 Å². The summed E-state index contributed by atoms with van der Waals surface area (Å²) in [5.41, 5.74) is 12.6. The van der Waals surface area contributed by atoms with Crippen LogP contribution in [0.2, 0.25) is 0 Å². The maximum Gasteiger partial charge on any atom is 0.407 e. The van der Waals surface area contributed by atoms with Crippen molar-refractivity contribution in [3.05, 3.63) is 76.1 Å². The number of rotatable bonds is 17. The lowest BCUT2D eigenvalue weighted by Crippen LogP contribution is -2.54. The molecule has 2 aromatic carbocycles. The molecule has 1 aromatic heterocycles. The van der Waals surface area contributed by atoms with Crippen molar-refractivity contribution in [2.75, 3.05) is 25.0 Å². The highest BCUT2D eigenvalue weighted by Crippen LogP contribution is 2.21. The second kappa shape index (κ2) is 18.5. The minimum Gasteiger partial charge on any atom is -0.445 e. The molecule has 252 valence electrons. The molecule has 15 nitrogen and oxygen atoms in total. The number of fused-ring (bicyclic) bond motifs is 1. The lowest BCUT2D eigenvalue weighted by molar-refractivity contribution is -0.131. The fourth-order valence-electron chi connectivity index (χ4n) is 4.64. The molecule has 0 aliphatic rings. The van der Waals surface area contributed by atoms with Crippen molar-refractivity contribution >= 4 is 46.4 Å². The van der Waals surface area contributed by atoms with Crippen LogP contribution in [-0.2, 0) is 25.7 Å². The van der Waals surface area contributed by atoms with Crippen molar-refractivity contribution in [2.24, 2.45) is 11.5 Å². The molecule has 1 heterocycles. The van der Waals surface area contributed by atoms with Crippen molar-refractivity contribution in [1.82, 2.24) is 21.3 Å². The average Bonchev–Trinajstić information content (AvgIpc) is 3.03. The van der Waals surface area contributed by atoms with Crippen molar-refractivity contribution in [3.8, 4) is 0 Å². The van der Waals surface area contributed by atoms with Crippen molar-refractivity contribution in [3.63, 3.8) is 0 Å². The van der Waals surface area contributed by atoms with E-state index in [9.17, 15) is 24.0 Å². The summed E-state index contributed by atoms with van der Waals surface area (Å²) < 4.78 is 10.4. The summed E-state index contributed by atoms with van der Waals surface area (Å²) in [6, 6.07) is 13.2. The van der Waals surface area contributed by atoms with E-state index in [1.807, 2.05) is 18.2 Å². The van der Waals surface area contributed by atoms with E-state index in [4.69, 9.17) is 26.0 Å². The minimum absolute atomic E-state index is 0.0249. The lowest BCUT2D eigenvalue weighted by Gasteiger charge is -2.23. The van der Waals surface area contributed by atoms with Gasteiger partial charge < -0.3 is 47.2 Å². The quantitative estimate of drug-likeness (QED) is 0.0451. The predicted octanol–water partition coefficient (Wildman–Crippen LogP) is 1.33. The highest BCUT2D eigenvalue weighted by atomic mass is 16.5. The van der Waals surface area contributed by atoms with Crippen LogP contribution in [0.15, 0.2) is 63.8 Å². The third kappa shape index (κ3) is 12.5. The number of hydrogen-bond donors (Lipinski definition) is 8. The largest absolute Gasteiger partial charge is 0.445 e. The van der Waals surface area contributed by atoms with Gasteiger partial charge in [-0.2, -0.15) is 0 Å². The maximum absolute atomic E-state index is 13.5. The first-order valence-corrected chi connectivity index (χ1v) is 15.2. The van der Waals surface area contributed by atoms with Crippen molar-refractivity contribution < 1.29 is 28.3 Å². The number of aryl methyl sites for hydroxylation is 1. The van der Waals surface area contributed by atoms with Crippen LogP contribution < -0.4 is 43.7 Å². The number of amides is 4. The molecule has 0 unspecified atom stereocenters. The summed E-state index contributed by atoms with van der Waals surface area (Å²) in [6.45, 7) is 2.02. The number of benzene rings is 2. The second-order valence-electron chi connectivity index (χ2n) is 10.8. The van der Waals surface area contributed by atoms with Crippen LogP contribution in [0.5, 0.6) is 0 Å². The second-order valence-corrected chi connectivity index (χ2v) is 10.8. The normalized spacial score (nSPS) is 12.0. The molecule has 0 spiro atoms. The molecular weight excluding hydrogens is 608 g/mol. The van der Waals surface area contributed by atoms with Gasteiger partial charge in [0.1, 0.15) is 30.8 Å². The molecule has 0 radical (unpaired) electrons. The van der Waals surface area contributed by atoms with E-state index in [-0.39, 0.29) is 32.0 Å². The number of anilines is 1. The van der Waals surface area contributed by atoms with E-state index in [0.29, 0.717) is 42.5 Å². The van der Waals surface area contributed by atoms with Crippen LogP contribution >= 0.6 is 0 Å². The van der Waals surface area contributed by atoms with Gasteiger partial charge >= 0.3 is 11.7 Å². The third-order valence-electron chi connectivity index (χ3n) is 7.04. The molecule has 47 heavy (non-hydrogen) atoms. The molecule has 3 rings (SSSR count). The van der Waals surface area contributed by atoms with E-state index in [2.05, 4.69) is 26.6 Å². The Bertz CT molecular complexity index is 1600. The number of carbonyl (C=O) groups is 4. The van der Waals surface area contributed by atoms with Gasteiger partial charge in [0.15, 0.2) is 5.96 Å². The monoisotopic (exact) mass is 650 g/mol. The van der Waals surface area contributed by atoms with Crippen molar-refractivity contribution in [2.45, 2.75) is 57.7 Å². The topological polar surface area (TPSA) is 244 Å². The molecule has 2 atom stereocenters. The molecule has 15 heteroatoms. The number of nitrogens with two attached hydrogens (primary N) is 2. The van der Waals surface area contributed by atoms with E-state index in [1.54, 1.807) is 31.2 Å². The maximum atomic E-state index is 13.5. The summed E-state index contributed by atoms with van der Waals surface area (Å²) >= 11 is 0. The Kier molecular flexibility index (Phi) is 14.2. The molecule has 0 saturated heterocycles. The van der Waals surface area contributed by atoms with E-state index in [1.165, 1.54) is 12.1 Å². The smallest absolute Gasteiger partial charge is 0.407 e. The van der Waals surface area contributed by atoms with Gasteiger partial charge in [-0.15, -0.1) is 0 Å². The lowest BCUT2D eigenvalue weighted by atomic mass is 10.1. The van der Waals surface area contributed by atoms with Crippen LogP contribution in [0.3, 0.4) is 0 Å². The van der Waals surface area contributed by atoms with Crippen LogP contribution in [0.4, 0.5) is 10.5 Å². The third-order valence-corrected chi connectivity index (χ3v) is 7.04. The number of carbonyl (C=O) groups excluding carboxylic acids is 4. The zero-order chi connectivity index (χ0) is 34.2. The molecule has 0 bridgehead atoms. The van der Waals surface area contributed by atoms with E-state index in [0.717, 1.165) is 11.1 Å². The zero-order valence-electron chi connectivity index (χ0n) is 26.2. The number of guanidine groups is 1. The molecule has 0 saturated carbocycles. The molecular formula is C32H42N8O7. The Morgan fingerprint density at radius 2 is 1.64 bits per heavy atom.